The van der Waals surface area contributed by atoms with E-state index < -0.39 is 0 Å². The van der Waals surface area contributed by atoms with Crippen LogP contribution in [0.25, 0.3) is 11.8 Å². The number of fused-ring (bicyclic) bond motifs is 1. The summed E-state index contributed by atoms with van der Waals surface area (Å²) in [6.45, 7) is 2.32. The average Bonchev–Trinajstić information content (AvgIpc) is 3.21. The minimum absolute atomic E-state index is 0.0433. The monoisotopic (exact) mass is 386 g/mol. The van der Waals surface area contributed by atoms with Gasteiger partial charge in [0.15, 0.2) is 0 Å². The average molecular weight is 386 g/mol. The molecule has 0 spiro atoms. The van der Waals surface area contributed by atoms with Crippen LogP contribution in [0.15, 0.2) is 67.0 Å². The van der Waals surface area contributed by atoms with Crippen LogP contribution < -0.4 is 10.2 Å². The van der Waals surface area contributed by atoms with E-state index >= 15 is 0 Å². The molecule has 4 rings (SSSR count). The van der Waals surface area contributed by atoms with Crippen LogP contribution in [0.3, 0.4) is 0 Å². The first-order chi connectivity index (χ1) is 14.1. The molecule has 2 heterocycles. The predicted octanol–water partition coefficient (Wildman–Crippen LogP) is 3.82. The van der Waals surface area contributed by atoms with Crippen LogP contribution in [-0.2, 0) is 16.0 Å². The Labute approximate surface area is 169 Å². The summed E-state index contributed by atoms with van der Waals surface area (Å²) in [7, 11) is 0. The molecule has 3 aromatic rings. The first kappa shape index (κ1) is 18.7. The highest BCUT2D eigenvalue weighted by atomic mass is 16.2. The molecular weight excluding hydrogens is 364 g/mol. The highest BCUT2D eigenvalue weighted by Crippen LogP contribution is 2.29. The lowest BCUT2D eigenvalue weighted by molar-refractivity contribution is -0.116. The molecule has 0 atom stereocenters. The van der Waals surface area contributed by atoms with Crippen LogP contribution in [-0.4, -0.2) is 28.1 Å². The molecule has 2 aromatic carbocycles. The van der Waals surface area contributed by atoms with Crippen LogP contribution in [0.5, 0.6) is 0 Å². The molecule has 0 unspecified atom stereocenters. The van der Waals surface area contributed by atoms with E-state index in [0.29, 0.717) is 0 Å². The van der Waals surface area contributed by atoms with E-state index in [-0.39, 0.29) is 11.8 Å². The number of aryl methyl sites for hydroxylation is 1. The van der Waals surface area contributed by atoms with E-state index in [9.17, 15) is 9.59 Å². The van der Waals surface area contributed by atoms with Gasteiger partial charge in [0, 0.05) is 42.7 Å². The smallest absolute Gasteiger partial charge is 0.248 e. The molecule has 1 aromatic heterocycles. The van der Waals surface area contributed by atoms with Gasteiger partial charge in [0.25, 0.3) is 0 Å². The molecule has 1 aliphatic rings. The highest BCUT2D eigenvalue weighted by molar-refractivity contribution is 6.02. The van der Waals surface area contributed by atoms with Gasteiger partial charge in [-0.25, -0.2) is 4.68 Å². The minimum atomic E-state index is -0.211. The Morgan fingerprint density at radius 1 is 1.14 bits per heavy atom. The molecule has 0 aliphatic carbocycles. The number of carbonyl (C=O) groups is 2. The molecule has 1 N–H and O–H groups in total. The van der Waals surface area contributed by atoms with Crippen molar-refractivity contribution in [3.8, 4) is 5.69 Å². The van der Waals surface area contributed by atoms with E-state index in [4.69, 9.17) is 0 Å². The summed E-state index contributed by atoms with van der Waals surface area (Å²) in [5.41, 5.74) is 4.54. The first-order valence-electron chi connectivity index (χ1n) is 9.60. The molecule has 0 saturated carbocycles. The van der Waals surface area contributed by atoms with Crippen molar-refractivity contribution < 1.29 is 9.59 Å². The number of hydrogen-bond donors (Lipinski definition) is 1. The summed E-state index contributed by atoms with van der Waals surface area (Å²) in [5, 5.41) is 7.21. The summed E-state index contributed by atoms with van der Waals surface area (Å²) in [6.07, 6.45) is 8.64. The number of rotatable bonds is 4. The third kappa shape index (κ3) is 4.27. The van der Waals surface area contributed by atoms with Gasteiger partial charge in [-0.2, -0.15) is 5.10 Å². The van der Waals surface area contributed by atoms with Gasteiger partial charge in [0.1, 0.15) is 0 Å². The maximum atomic E-state index is 12.3. The summed E-state index contributed by atoms with van der Waals surface area (Å²) in [6, 6.07) is 15.5. The van der Waals surface area contributed by atoms with Crippen molar-refractivity contribution in [2.75, 3.05) is 16.8 Å². The molecule has 2 amide bonds. The lowest BCUT2D eigenvalue weighted by Gasteiger charge is -2.28. The number of carbonyl (C=O) groups excluding carboxylic acids is 2. The summed E-state index contributed by atoms with van der Waals surface area (Å²) < 4.78 is 1.77. The fraction of sp³-hybridized carbons (Fsp3) is 0.174. The molecule has 29 heavy (non-hydrogen) atoms. The van der Waals surface area contributed by atoms with E-state index in [0.717, 1.165) is 47.6 Å². The van der Waals surface area contributed by atoms with Crippen LogP contribution >= 0.6 is 0 Å². The van der Waals surface area contributed by atoms with Crippen molar-refractivity contribution in [2.24, 2.45) is 0 Å². The van der Waals surface area contributed by atoms with Crippen molar-refractivity contribution in [2.45, 2.75) is 19.8 Å². The van der Waals surface area contributed by atoms with E-state index in [1.807, 2.05) is 54.7 Å². The maximum Gasteiger partial charge on any atom is 0.248 e. The Balaban J connectivity index is 1.42. The second-order valence-electron chi connectivity index (χ2n) is 6.99. The topological polar surface area (TPSA) is 67.2 Å². The Hall–Kier alpha value is -3.67. The normalized spacial score (nSPS) is 13.3. The zero-order chi connectivity index (χ0) is 20.2. The van der Waals surface area contributed by atoms with Gasteiger partial charge in [-0.15, -0.1) is 0 Å². The Morgan fingerprint density at radius 2 is 1.97 bits per heavy atom. The number of nitrogens with zero attached hydrogens (tertiary/aromatic N) is 3. The number of nitrogens with one attached hydrogen (secondary N) is 1. The van der Waals surface area contributed by atoms with Crippen molar-refractivity contribution in [1.82, 2.24) is 9.78 Å². The number of benzene rings is 2. The number of para-hydroxylation sites is 1. The summed E-state index contributed by atoms with van der Waals surface area (Å²) >= 11 is 0. The van der Waals surface area contributed by atoms with Gasteiger partial charge >= 0.3 is 0 Å². The van der Waals surface area contributed by atoms with Crippen molar-refractivity contribution in [1.29, 1.82) is 0 Å². The number of anilines is 2. The second kappa shape index (κ2) is 8.14. The molecule has 146 valence electrons. The SMILES string of the molecule is CC(=O)N1CCCc2cc(NC(=O)/C=C/c3cnn(-c4ccccc4)c3)ccc21. The molecule has 6 heteroatoms. The van der Waals surface area contributed by atoms with Gasteiger partial charge in [-0.1, -0.05) is 18.2 Å². The highest BCUT2D eigenvalue weighted by Gasteiger charge is 2.20. The second-order valence-corrected chi connectivity index (χ2v) is 6.99. The Bertz CT molecular complexity index is 1070. The largest absolute Gasteiger partial charge is 0.323 e. The molecule has 0 bridgehead atoms. The van der Waals surface area contributed by atoms with Crippen LogP contribution in [0.1, 0.15) is 24.5 Å². The van der Waals surface area contributed by atoms with Gasteiger partial charge in [-0.3, -0.25) is 9.59 Å². The molecule has 0 fully saturated rings. The van der Waals surface area contributed by atoms with E-state index in [1.165, 1.54) is 6.08 Å². The Morgan fingerprint density at radius 3 is 2.76 bits per heavy atom. The van der Waals surface area contributed by atoms with Gasteiger partial charge in [0.2, 0.25) is 11.8 Å². The summed E-state index contributed by atoms with van der Waals surface area (Å²) in [5.74, 6) is -0.168. The van der Waals surface area contributed by atoms with Crippen molar-refractivity contribution >= 4 is 29.3 Å². The molecule has 6 nitrogen and oxygen atoms in total. The first-order valence-corrected chi connectivity index (χ1v) is 9.60. The number of amides is 2. The molecule has 0 radical (unpaired) electrons. The standard InChI is InChI=1S/C23H22N4O2/c1-17(28)26-13-5-6-19-14-20(10-11-22(19)26)25-23(29)12-9-18-15-24-27(16-18)21-7-3-2-4-8-21/h2-4,7-12,14-16H,5-6,13H2,1H3,(H,25,29)/b12-9+. The molecule has 1 aliphatic heterocycles. The third-order valence-corrected chi connectivity index (χ3v) is 4.90. The fourth-order valence-corrected chi connectivity index (χ4v) is 3.50. The fourth-order valence-electron chi connectivity index (χ4n) is 3.50. The third-order valence-electron chi connectivity index (χ3n) is 4.90. The van der Waals surface area contributed by atoms with Gasteiger partial charge in [-0.05, 0) is 54.8 Å². The summed E-state index contributed by atoms with van der Waals surface area (Å²) in [4.78, 5) is 25.9. The zero-order valence-corrected chi connectivity index (χ0v) is 16.2. The van der Waals surface area contributed by atoms with Crippen LogP contribution in [0.2, 0.25) is 0 Å². The van der Waals surface area contributed by atoms with Crippen molar-refractivity contribution in [3.05, 3.63) is 78.1 Å². The minimum Gasteiger partial charge on any atom is -0.323 e. The predicted molar refractivity (Wildman–Crippen MR) is 114 cm³/mol. The number of aromatic nitrogens is 2. The Kier molecular flexibility index (Phi) is 5.24. The molecule has 0 saturated heterocycles. The van der Waals surface area contributed by atoms with Crippen LogP contribution in [0.4, 0.5) is 11.4 Å². The number of hydrogen-bond acceptors (Lipinski definition) is 3. The quantitative estimate of drug-likeness (QED) is 0.693. The van der Waals surface area contributed by atoms with E-state index in [2.05, 4.69) is 10.4 Å². The van der Waals surface area contributed by atoms with E-state index in [1.54, 1.807) is 28.8 Å². The lowest BCUT2D eigenvalue weighted by Crippen LogP contribution is -2.33. The lowest BCUT2D eigenvalue weighted by atomic mass is 10.0. The maximum absolute atomic E-state index is 12.3. The van der Waals surface area contributed by atoms with Gasteiger partial charge in [0.05, 0.1) is 11.9 Å². The van der Waals surface area contributed by atoms with Gasteiger partial charge < -0.3 is 10.2 Å². The van der Waals surface area contributed by atoms with Crippen molar-refractivity contribution in [3.63, 3.8) is 0 Å². The van der Waals surface area contributed by atoms with Crippen LogP contribution in [0, 0.1) is 0 Å². The zero-order valence-electron chi connectivity index (χ0n) is 16.2. The molecular formula is C23H22N4O2.